The Labute approximate surface area is 136 Å². The molecule has 3 aromatic rings. The molecule has 0 radical (unpaired) electrons. The molecule has 0 saturated carbocycles. The van der Waals surface area contributed by atoms with E-state index in [1.807, 2.05) is 54.6 Å². The Kier molecular flexibility index (Phi) is 4.88. The van der Waals surface area contributed by atoms with Crippen molar-refractivity contribution in [3.63, 3.8) is 0 Å². The van der Waals surface area contributed by atoms with Crippen LogP contribution in [0.5, 0.6) is 0 Å². The molecule has 3 heteroatoms. The zero-order valence-corrected chi connectivity index (χ0v) is 12.9. The van der Waals surface area contributed by atoms with Crippen molar-refractivity contribution in [2.45, 2.75) is 19.6 Å². The second kappa shape index (κ2) is 7.44. The van der Waals surface area contributed by atoms with Crippen LogP contribution in [0, 0.1) is 11.3 Å². The maximum absolute atomic E-state index is 9.29. The number of furan rings is 1. The van der Waals surface area contributed by atoms with E-state index in [-0.39, 0.29) is 0 Å². The number of hydrogen-bond donors (Lipinski definition) is 0. The highest BCUT2D eigenvalue weighted by atomic mass is 16.3. The molecule has 0 aliphatic heterocycles. The lowest BCUT2D eigenvalue weighted by Gasteiger charge is -2.22. The molecule has 2 aromatic carbocycles. The van der Waals surface area contributed by atoms with Gasteiger partial charge in [-0.2, -0.15) is 5.26 Å². The van der Waals surface area contributed by atoms with E-state index in [4.69, 9.17) is 4.42 Å². The third-order valence-electron chi connectivity index (χ3n) is 3.74. The van der Waals surface area contributed by atoms with Crippen LogP contribution >= 0.6 is 0 Å². The van der Waals surface area contributed by atoms with Crippen LogP contribution in [0.4, 0.5) is 0 Å². The number of rotatable bonds is 6. The molecular formula is C20H18N2O. The fraction of sp³-hybridized carbons (Fsp3) is 0.150. The third-order valence-corrected chi connectivity index (χ3v) is 3.74. The number of nitrogens with zero attached hydrogens (tertiary/aromatic N) is 2. The number of benzene rings is 2. The van der Waals surface area contributed by atoms with Crippen LogP contribution in [0.15, 0.2) is 77.4 Å². The van der Waals surface area contributed by atoms with Gasteiger partial charge in [0.2, 0.25) is 0 Å². The molecule has 0 bridgehead atoms. The van der Waals surface area contributed by atoms with Crippen molar-refractivity contribution >= 4 is 0 Å². The van der Waals surface area contributed by atoms with Gasteiger partial charge in [-0.15, -0.1) is 0 Å². The average molecular weight is 302 g/mol. The second-order valence-corrected chi connectivity index (χ2v) is 5.48. The fourth-order valence-corrected chi connectivity index (χ4v) is 2.64. The minimum atomic E-state index is 0.708. The average Bonchev–Trinajstić information content (AvgIpc) is 3.09. The van der Waals surface area contributed by atoms with E-state index in [2.05, 4.69) is 23.1 Å². The van der Waals surface area contributed by atoms with Crippen molar-refractivity contribution in [3.05, 3.63) is 95.4 Å². The lowest BCUT2D eigenvalue weighted by Crippen LogP contribution is -2.22. The van der Waals surface area contributed by atoms with Gasteiger partial charge in [0.15, 0.2) is 0 Å². The minimum absolute atomic E-state index is 0.708. The van der Waals surface area contributed by atoms with Gasteiger partial charge in [-0.3, -0.25) is 4.90 Å². The van der Waals surface area contributed by atoms with E-state index in [1.165, 1.54) is 5.56 Å². The van der Waals surface area contributed by atoms with E-state index >= 15 is 0 Å². The van der Waals surface area contributed by atoms with Gasteiger partial charge in [-0.1, -0.05) is 48.5 Å². The zero-order valence-electron chi connectivity index (χ0n) is 12.9. The number of hydrogen-bond acceptors (Lipinski definition) is 3. The van der Waals surface area contributed by atoms with Gasteiger partial charge in [-0.25, -0.2) is 0 Å². The summed E-state index contributed by atoms with van der Waals surface area (Å²) in [6.45, 7) is 2.22. The third kappa shape index (κ3) is 4.09. The molecule has 23 heavy (non-hydrogen) atoms. The van der Waals surface area contributed by atoms with E-state index < -0.39 is 0 Å². The van der Waals surface area contributed by atoms with E-state index in [1.54, 1.807) is 6.26 Å². The van der Waals surface area contributed by atoms with Gasteiger partial charge in [-0.05, 0) is 29.3 Å². The maximum Gasteiger partial charge on any atom is 0.117 e. The highest BCUT2D eigenvalue weighted by Crippen LogP contribution is 2.16. The van der Waals surface area contributed by atoms with Crippen molar-refractivity contribution in [1.82, 2.24) is 4.90 Å². The standard InChI is InChI=1S/C20H18N2O/c21-13-18-9-4-5-10-19(18)15-22(16-20-11-6-12-23-20)14-17-7-2-1-3-8-17/h1-12H,14-16H2. The Hall–Kier alpha value is -2.83. The first-order valence-electron chi connectivity index (χ1n) is 7.62. The topological polar surface area (TPSA) is 40.2 Å². The van der Waals surface area contributed by atoms with Gasteiger partial charge in [0, 0.05) is 13.1 Å². The lowest BCUT2D eigenvalue weighted by molar-refractivity contribution is 0.226. The van der Waals surface area contributed by atoms with Crippen LogP contribution in [0.25, 0.3) is 0 Å². The van der Waals surface area contributed by atoms with Crippen molar-refractivity contribution in [2.24, 2.45) is 0 Å². The van der Waals surface area contributed by atoms with Crippen LogP contribution in [0.3, 0.4) is 0 Å². The highest BCUT2D eigenvalue weighted by molar-refractivity contribution is 5.37. The van der Waals surface area contributed by atoms with Gasteiger partial charge in [0.1, 0.15) is 5.76 Å². The summed E-state index contributed by atoms with van der Waals surface area (Å²) in [5, 5.41) is 9.29. The molecule has 3 nitrogen and oxygen atoms in total. The summed E-state index contributed by atoms with van der Waals surface area (Å²) in [5.41, 5.74) is 3.01. The largest absolute Gasteiger partial charge is 0.468 e. The molecule has 1 heterocycles. The molecule has 0 saturated heterocycles. The molecule has 0 fully saturated rings. The monoisotopic (exact) mass is 302 g/mol. The van der Waals surface area contributed by atoms with Gasteiger partial charge in [0.25, 0.3) is 0 Å². The van der Waals surface area contributed by atoms with Crippen molar-refractivity contribution in [2.75, 3.05) is 0 Å². The van der Waals surface area contributed by atoms with Crippen LogP contribution in [0.1, 0.15) is 22.5 Å². The van der Waals surface area contributed by atoms with Gasteiger partial charge in [0.05, 0.1) is 24.4 Å². The highest BCUT2D eigenvalue weighted by Gasteiger charge is 2.12. The normalized spacial score (nSPS) is 10.6. The summed E-state index contributed by atoms with van der Waals surface area (Å²) < 4.78 is 5.49. The summed E-state index contributed by atoms with van der Waals surface area (Å²) in [6, 6.07) is 24.2. The molecule has 0 N–H and O–H groups in total. The summed E-state index contributed by atoms with van der Waals surface area (Å²) in [7, 11) is 0. The second-order valence-electron chi connectivity index (χ2n) is 5.48. The Morgan fingerprint density at radius 2 is 1.61 bits per heavy atom. The molecular weight excluding hydrogens is 284 g/mol. The summed E-state index contributed by atoms with van der Waals surface area (Å²) in [4.78, 5) is 2.28. The van der Waals surface area contributed by atoms with Gasteiger partial charge >= 0.3 is 0 Å². The molecule has 0 amide bonds. The summed E-state index contributed by atoms with van der Waals surface area (Å²) >= 11 is 0. The lowest BCUT2D eigenvalue weighted by atomic mass is 10.1. The molecule has 0 aliphatic carbocycles. The Bertz CT molecular complexity index is 773. The summed E-state index contributed by atoms with van der Waals surface area (Å²) in [6.07, 6.45) is 1.69. The zero-order chi connectivity index (χ0) is 15.9. The predicted octanol–water partition coefficient (Wildman–Crippen LogP) is 4.35. The SMILES string of the molecule is N#Cc1ccccc1CN(Cc1ccccc1)Cc1ccco1. The molecule has 114 valence electrons. The maximum atomic E-state index is 9.29. The molecule has 1 aromatic heterocycles. The van der Waals surface area contributed by atoms with Gasteiger partial charge < -0.3 is 4.42 Å². The minimum Gasteiger partial charge on any atom is -0.468 e. The van der Waals surface area contributed by atoms with Crippen LogP contribution in [0.2, 0.25) is 0 Å². The number of nitriles is 1. The first kappa shape index (κ1) is 15.1. The van der Waals surface area contributed by atoms with Crippen LogP contribution in [-0.4, -0.2) is 4.90 Å². The van der Waals surface area contributed by atoms with Crippen LogP contribution in [-0.2, 0) is 19.6 Å². The quantitative estimate of drug-likeness (QED) is 0.679. The molecule has 0 atom stereocenters. The molecule has 0 unspecified atom stereocenters. The Morgan fingerprint density at radius 1 is 0.826 bits per heavy atom. The smallest absolute Gasteiger partial charge is 0.117 e. The predicted molar refractivity (Wildman–Crippen MR) is 89.3 cm³/mol. The van der Waals surface area contributed by atoms with E-state index in [9.17, 15) is 5.26 Å². The van der Waals surface area contributed by atoms with E-state index in [0.717, 1.165) is 23.4 Å². The fourth-order valence-electron chi connectivity index (χ4n) is 2.64. The Balaban J connectivity index is 1.81. The summed E-state index contributed by atoms with van der Waals surface area (Å²) in [5.74, 6) is 0.926. The van der Waals surface area contributed by atoms with Crippen molar-refractivity contribution in [1.29, 1.82) is 5.26 Å². The Morgan fingerprint density at radius 3 is 2.35 bits per heavy atom. The molecule has 3 rings (SSSR count). The van der Waals surface area contributed by atoms with Crippen molar-refractivity contribution in [3.8, 4) is 6.07 Å². The van der Waals surface area contributed by atoms with Crippen LogP contribution < -0.4 is 0 Å². The molecule has 0 spiro atoms. The first-order chi connectivity index (χ1) is 11.3. The first-order valence-corrected chi connectivity index (χ1v) is 7.62. The molecule has 0 aliphatic rings. The van der Waals surface area contributed by atoms with Crippen molar-refractivity contribution < 1.29 is 4.42 Å². The van der Waals surface area contributed by atoms with E-state index in [0.29, 0.717) is 13.1 Å².